The molecule has 1 aromatic heterocycles. The number of nitrogens with one attached hydrogen (secondary N) is 1. The fraction of sp³-hybridized carbons (Fsp3) is 0.560. The van der Waals surface area contributed by atoms with Crippen molar-refractivity contribution in [3.63, 3.8) is 0 Å². The van der Waals surface area contributed by atoms with Crippen LogP contribution in [0.4, 0.5) is 0 Å². The Balaban J connectivity index is 0.00000259. The highest BCUT2D eigenvalue weighted by Gasteiger charge is 2.41. The number of hydrogen-bond donors (Lipinski definition) is 1. The molecule has 0 bridgehead atoms. The minimum atomic E-state index is 0. The molecule has 2 aromatic rings. The van der Waals surface area contributed by atoms with Crippen molar-refractivity contribution in [2.24, 2.45) is 4.99 Å². The van der Waals surface area contributed by atoms with Crippen LogP contribution >= 0.6 is 24.0 Å². The third kappa shape index (κ3) is 6.49. The molecule has 3 aliphatic heterocycles. The summed E-state index contributed by atoms with van der Waals surface area (Å²) < 4.78 is 17.5. The molecular formula is C25H35IN4O3. The van der Waals surface area contributed by atoms with Crippen molar-refractivity contribution in [1.82, 2.24) is 15.1 Å². The first-order valence-electron chi connectivity index (χ1n) is 11.9. The van der Waals surface area contributed by atoms with E-state index in [0.717, 1.165) is 76.9 Å². The minimum absolute atomic E-state index is 0. The number of hydrogen-bond acceptors (Lipinski definition) is 5. The van der Waals surface area contributed by atoms with Crippen molar-refractivity contribution in [3.05, 3.63) is 60.1 Å². The van der Waals surface area contributed by atoms with Crippen LogP contribution in [0.2, 0.25) is 0 Å². The van der Waals surface area contributed by atoms with Gasteiger partial charge < -0.3 is 24.1 Å². The molecule has 33 heavy (non-hydrogen) atoms. The summed E-state index contributed by atoms with van der Waals surface area (Å²) in [5.41, 5.74) is 1.36. The monoisotopic (exact) mass is 566 g/mol. The largest absolute Gasteiger partial charge is 0.469 e. The van der Waals surface area contributed by atoms with E-state index in [-0.39, 0.29) is 36.2 Å². The second kappa shape index (κ2) is 12.2. The van der Waals surface area contributed by atoms with E-state index in [4.69, 9.17) is 18.9 Å². The molecule has 8 heteroatoms. The molecule has 1 N–H and O–H groups in total. The number of rotatable bonds is 7. The van der Waals surface area contributed by atoms with Crippen LogP contribution in [0.3, 0.4) is 0 Å². The van der Waals surface area contributed by atoms with Gasteiger partial charge in [-0.3, -0.25) is 9.89 Å². The quantitative estimate of drug-likeness (QED) is 0.316. The number of furan rings is 1. The summed E-state index contributed by atoms with van der Waals surface area (Å²) in [6, 6.07) is 15.1. The minimum Gasteiger partial charge on any atom is -0.469 e. The zero-order chi connectivity index (χ0) is 21.6. The second-order valence-corrected chi connectivity index (χ2v) is 8.89. The molecule has 3 fully saturated rings. The number of ether oxygens (including phenoxy) is 2. The lowest BCUT2D eigenvalue weighted by atomic mass is 10.1. The highest BCUT2D eigenvalue weighted by Crippen LogP contribution is 2.25. The molecule has 1 aromatic carbocycles. The summed E-state index contributed by atoms with van der Waals surface area (Å²) in [7, 11) is 0. The van der Waals surface area contributed by atoms with E-state index in [1.54, 1.807) is 6.26 Å². The first kappa shape index (κ1) is 24.5. The maximum absolute atomic E-state index is 6.19. The number of benzene rings is 1. The smallest absolute Gasteiger partial charge is 0.194 e. The molecule has 0 radical (unpaired) electrons. The van der Waals surface area contributed by atoms with Crippen LogP contribution in [0.5, 0.6) is 0 Å². The van der Waals surface area contributed by atoms with Gasteiger partial charge in [0.05, 0.1) is 37.7 Å². The van der Waals surface area contributed by atoms with Gasteiger partial charge in [0.2, 0.25) is 0 Å². The molecule has 3 unspecified atom stereocenters. The first-order valence-corrected chi connectivity index (χ1v) is 11.9. The van der Waals surface area contributed by atoms with Crippen LogP contribution in [-0.4, -0.2) is 79.9 Å². The SMILES string of the molecule is I.c1ccc(CN2CCOC3CN(C(=NCC4CCCO4)NCCc4ccco4)CC32)cc1. The van der Waals surface area contributed by atoms with Gasteiger partial charge in [0.25, 0.3) is 0 Å². The Morgan fingerprint density at radius 3 is 2.76 bits per heavy atom. The Hall–Kier alpha value is -1.62. The maximum atomic E-state index is 6.19. The van der Waals surface area contributed by atoms with Gasteiger partial charge in [0.15, 0.2) is 5.96 Å². The Morgan fingerprint density at radius 2 is 1.97 bits per heavy atom. The van der Waals surface area contributed by atoms with Crippen molar-refractivity contribution in [2.45, 2.75) is 44.1 Å². The van der Waals surface area contributed by atoms with Crippen molar-refractivity contribution in [2.75, 3.05) is 45.9 Å². The summed E-state index contributed by atoms with van der Waals surface area (Å²) in [5.74, 6) is 1.95. The fourth-order valence-electron chi connectivity index (χ4n) is 4.94. The molecule has 180 valence electrons. The van der Waals surface area contributed by atoms with Crippen LogP contribution in [0, 0.1) is 0 Å². The average Bonchev–Trinajstić information content (AvgIpc) is 3.59. The summed E-state index contributed by atoms with van der Waals surface area (Å²) in [5, 5.41) is 3.58. The Bertz CT molecular complexity index is 858. The van der Waals surface area contributed by atoms with Gasteiger partial charge in [-0.15, -0.1) is 24.0 Å². The summed E-state index contributed by atoms with van der Waals surface area (Å²) in [6.07, 6.45) is 5.26. The molecule has 0 aliphatic carbocycles. The zero-order valence-corrected chi connectivity index (χ0v) is 21.4. The number of morpholine rings is 1. The van der Waals surface area contributed by atoms with Gasteiger partial charge in [-0.25, -0.2) is 0 Å². The first-order chi connectivity index (χ1) is 15.8. The number of nitrogens with zero attached hydrogens (tertiary/aromatic N) is 3. The molecule has 7 nitrogen and oxygen atoms in total. The summed E-state index contributed by atoms with van der Waals surface area (Å²) >= 11 is 0. The zero-order valence-electron chi connectivity index (χ0n) is 19.1. The number of likely N-dealkylation sites (tertiary alicyclic amines) is 1. The molecule has 3 aliphatic rings. The van der Waals surface area contributed by atoms with Crippen LogP contribution in [-0.2, 0) is 22.4 Å². The molecular weight excluding hydrogens is 531 g/mol. The average molecular weight is 566 g/mol. The molecule has 3 saturated heterocycles. The van der Waals surface area contributed by atoms with E-state index in [2.05, 4.69) is 45.4 Å². The van der Waals surface area contributed by atoms with Gasteiger partial charge in [-0.2, -0.15) is 0 Å². The third-order valence-electron chi connectivity index (χ3n) is 6.65. The molecule has 4 heterocycles. The van der Waals surface area contributed by atoms with E-state index in [9.17, 15) is 0 Å². The molecule has 0 spiro atoms. The number of aliphatic imine (C=N–C) groups is 1. The second-order valence-electron chi connectivity index (χ2n) is 8.89. The van der Waals surface area contributed by atoms with Crippen molar-refractivity contribution < 1.29 is 13.9 Å². The summed E-state index contributed by atoms with van der Waals surface area (Å²) in [6.45, 7) is 6.88. The van der Waals surface area contributed by atoms with Crippen LogP contribution in [0.25, 0.3) is 0 Å². The molecule has 3 atom stereocenters. The van der Waals surface area contributed by atoms with Crippen molar-refractivity contribution in [3.8, 4) is 0 Å². The highest BCUT2D eigenvalue weighted by molar-refractivity contribution is 14.0. The normalized spacial score (nSPS) is 25.6. The third-order valence-corrected chi connectivity index (χ3v) is 6.65. The Morgan fingerprint density at radius 1 is 1.06 bits per heavy atom. The predicted molar refractivity (Wildman–Crippen MR) is 139 cm³/mol. The lowest BCUT2D eigenvalue weighted by molar-refractivity contribution is -0.0502. The van der Waals surface area contributed by atoms with E-state index in [0.29, 0.717) is 12.6 Å². The topological polar surface area (TPSA) is 62.5 Å². The maximum Gasteiger partial charge on any atom is 0.194 e. The molecule has 5 rings (SSSR count). The van der Waals surface area contributed by atoms with Crippen molar-refractivity contribution >= 4 is 29.9 Å². The van der Waals surface area contributed by atoms with Crippen LogP contribution < -0.4 is 5.32 Å². The number of guanidine groups is 1. The van der Waals surface area contributed by atoms with Gasteiger partial charge in [0, 0.05) is 45.8 Å². The van der Waals surface area contributed by atoms with E-state index < -0.39 is 0 Å². The molecule has 0 saturated carbocycles. The summed E-state index contributed by atoms with van der Waals surface area (Å²) in [4.78, 5) is 9.92. The highest BCUT2D eigenvalue weighted by atomic mass is 127. The van der Waals surface area contributed by atoms with Gasteiger partial charge in [0.1, 0.15) is 5.76 Å². The van der Waals surface area contributed by atoms with E-state index in [1.165, 1.54) is 5.56 Å². The van der Waals surface area contributed by atoms with Gasteiger partial charge >= 0.3 is 0 Å². The predicted octanol–water partition coefficient (Wildman–Crippen LogP) is 3.15. The lowest BCUT2D eigenvalue weighted by Crippen LogP contribution is -2.50. The van der Waals surface area contributed by atoms with Crippen molar-refractivity contribution in [1.29, 1.82) is 0 Å². The van der Waals surface area contributed by atoms with Gasteiger partial charge in [-0.1, -0.05) is 30.3 Å². The van der Waals surface area contributed by atoms with E-state index >= 15 is 0 Å². The number of fused-ring (bicyclic) bond motifs is 1. The van der Waals surface area contributed by atoms with Crippen LogP contribution in [0.15, 0.2) is 58.1 Å². The molecule has 0 amide bonds. The standard InChI is InChI=1S/C25H34N4O3.HI/c1-2-6-20(7-3-1)17-28-12-15-32-24-19-29(18-23(24)28)25(27-16-22-9-5-14-31-22)26-11-10-21-8-4-13-30-21;/h1-4,6-8,13,22-24H,5,9-12,14-19H2,(H,26,27);1H. The van der Waals surface area contributed by atoms with E-state index in [1.807, 2.05) is 12.1 Å². The lowest BCUT2D eigenvalue weighted by Gasteiger charge is -2.36. The van der Waals surface area contributed by atoms with Gasteiger partial charge in [-0.05, 0) is 30.5 Å². The van der Waals surface area contributed by atoms with Crippen LogP contribution in [0.1, 0.15) is 24.2 Å². The Kier molecular flexibility index (Phi) is 9.05. The fourth-order valence-corrected chi connectivity index (χ4v) is 4.94. The number of halogens is 1. The Labute approximate surface area is 213 Å².